The molecule has 0 aliphatic heterocycles. The highest BCUT2D eigenvalue weighted by Gasteiger charge is 2.23. The zero-order chi connectivity index (χ0) is 20.6. The summed E-state index contributed by atoms with van der Waals surface area (Å²) in [7, 11) is 0. The number of hydrogen-bond acceptors (Lipinski definition) is 1. The molecule has 0 aliphatic carbocycles. The van der Waals surface area contributed by atoms with Crippen LogP contribution in [-0.4, -0.2) is 43.2 Å². The molecule has 2 amide bonds. The van der Waals surface area contributed by atoms with Crippen LogP contribution in [0.15, 0.2) is 53.0 Å². The first-order valence-corrected chi connectivity index (χ1v) is 11.0. The fraction of sp³-hybridized carbons (Fsp3) is 0.409. The second-order valence-electron chi connectivity index (χ2n) is 7.12. The zero-order valence-corrected chi connectivity index (χ0v) is 21.6. The second-order valence-corrected chi connectivity index (χ2v) is 8.47. The van der Waals surface area contributed by atoms with Crippen LogP contribution in [-0.2, 0) is 6.42 Å². The number of benzene rings is 2. The molecule has 2 N–H and O–H groups in total. The fourth-order valence-corrected chi connectivity index (χ4v) is 3.93. The van der Waals surface area contributed by atoms with Crippen LogP contribution in [0.1, 0.15) is 25.8 Å². The first kappa shape index (κ1) is 26.2. The van der Waals surface area contributed by atoms with Gasteiger partial charge in [0.2, 0.25) is 0 Å². The number of nitrogens with two attached hydrogens (primary N) is 1. The minimum Gasteiger partial charge on any atom is -1.00 e. The van der Waals surface area contributed by atoms with Gasteiger partial charge in [0.1, 0.15) is 0 Å². The smallest absolute Gasteiger partial charge is 0.319 e. The Balaban J connectivity index is 0.00000420. The molecule has 0 radical (unpaired) electrons. The number of anilines is 1. The Morgan fingerprint density at radius 2 is 1.62 bits per heavy atom. The van der Waals surface area contributed by atoms with Gasteiger partial charge in [-0.25, -0.2) is 4.79 Å². The number of rotatable bonds is 10. The molecule has 160 valence electrons. The lowest BCUT2D eigenvalue weighted by Crippen LogP contribution is -3.00. The number of carbonyl (C=O) groups is 1. The Morgan fingerprint density at radius 3 is 2.14 bits per heavy atom. The van der Waals surface area contributed by atoms with Gasteiger partial charge >= 0.3 is 6.03 Å². The van der Waals surface area contributed by atoms with Crippen molar-refractivity contribution in [3.63, 3.8) is 0 Å². The van der Waals surface area contributed by atoms with E-state index in [1.165, 1.54) is 5.56 Å². The van der Waals surface area contributed by atoms with E-state index < -0.39 is 6.03 Å². The van der Waals surface area contributed by atoms with Crippen LogP contribution >= 0.6 is 27.5 Å². The third kappa shape index (κ3) is 8.07. The Kier molecular flexibility index (Phi) is 11.5. The van der Waals surface area contributed by atoms with Crippen molar-refractivity contribution in [3.8, 4) is 0 Å². The minimum absolute atomic E-state index is 0. The number of quaternary nitrogens is 1. The topological polar surface area (TPSA) is 46.3 Å². The first-order valence-electron chi connectivity index (χ1n) is 9.81. The van der Waals surface area contributed by atoms with Gasteiger partial charge in [0.05, 0.1) is 26.2 Å². The summed E-state index contributed by atoms with van der Waals surface area (Å²) in [5, 5.41) is 0.773. The molecule has 2 rings (SSSR count). The fourth-order valence-electron chi connectivity index (χ4n) is 3.54. The molecule has 0 heterocycles. The van der Waals surface area contributed by atoms with Crippen LogP contribution < -0.4 is 34.6 Å². The van der Waals surface area contributed by atoms with E-state index in [1.807, 2.05) is 36.4 Å². The molecule has 4 nitrogen and oxygen atoms in total. The molecule has 0 atom stereocenters. The van der Waals surface area contributed by atoms with Gasteiger partial charge in [-0.15, -0.1) is 0 Å². The standard InChI is InChI=1S/C22H29BrClN3O.HI/c1-3-27(4-2,17-14-18-6-10-20(24)11-7-18)16-5-15-26(22(25)28)21-12-8-19(23)9-13-21;/h6-13H,3-5,14-17H2,1-2H3,(H-,25,28);1H. The van der Waals surface area contributed by atoms with Crippen molar-refractivity contribution in [2.75, 3.05) is 37.6 Å². The van der Waals surface area contributed by atoms with Crippen LogP contribution in [0.2, 0.25) is 5.02 Å². The molecule has 0 aliphatic rings. The summed E-state index contributed by atoms with van der Waals surface area (Å²) in [6.07, 6.45) is 1.92. The van der Waals surface area contributed by atoms with Gasteiger partial charge in [-0.2, -0.15) is 0 Å². The Morgan fingerprint density at radius 1 is 1.03 bits per heavy atom. The van der Waals surface area contributed by atoms with Crippen molar-refractivity contribution in [1.82, 2.24) is 0 Å². The van der Waals surface area contributed by atoms with E-state index in [0.29, 0.717) is 6.54 Å². The van der Waals surface area contributed by atoms with Crippen molar-refractivity contribution in [2.24, 2.45) is 5.73 Å². The van der Waals surface area contributed by atoms with Gasteiger partial charge < -0.3 is 34.2 Å². The number of halogens is 3. The molecule has 7 heteroatoms. The minimum atomic E-state index is -0.408. The van der Waals surface area contributed by atoms with E-state index in [-0.39, 0.29) is 24.0 Å². The van der Waals surface area contributed by atoms with E-state index in [9.17, 15) is 4.79 Å². The van der Waals surface area contributed by atoms with Crippen molar-refractivity contribution in [1.29, 1.82) is 0 Å². The molecule has 0 spiro atoms. The number of hydrogen-bond donors (Lipinski definition) is 1. The zero-order valence-electron chi connectivity index (χ0n) is 17.1. The molecule has 29 heavy (non-hydrogen) atoms. The van der Waals surface area contributed by atoms with Crippen molar-refractivity contribution in [3.05, 3.63) is 63.6 Å². The molecule has 2 aromatic rings. The van der Waals surface area contributed by atoms with Crippen LogP contribution in [0.3, 0.4) is 0 Å². The van der Waals surface area contributed by atoms with Crippen molar-refractivity contribution < 1.29 is 33.3 Å². The first-order chi connectivity index (χ1) is 13.4. The predicted molar refractivity (Wildman–Crippen MR) is 122 cm³/mol. The Hall–Kier alpha value is -0.830. The summed E-state index contributed by atoms with van der Waals surface area (Å²) < 4.78 is 2.01. The summed E-state index contributed by atoms with van der Waals surface area (Å²) in [6, 6.07) is 15.4. The van der Waals surface area contributed by atoms with Gasteiger partial charge in [0, 0.05) is 34.6 Å². The molecule has 0 bridgehead atoms. The third-order valence-corrected chi connectivity index (χ3v) is 6.33. The maximum Gasteiger partial charge on any atom is 0.319 e. The van der Waals surface area contributed by atoms with E-state index in [4.69, 9.17) is 17.3 Å². The maximum atomic E-state index is 11.9. The molecule has 0 fully saturated rings. The summed E-state index contributed by atoms with van der Waals surface area (Å²) in [4.78, 5) is 13.6. The van der Waals surface area contributed by atoms with Gasteiger partial charge in [-0.1, -0.05) is 39.7 Å². The molecule has 0 aromatic heterocycles. The normalized spacial score (nSPS) is 11.0. The van der Waals surface area contributed by atoms with E-state index in [1.54, 1.807) is 4.90 Å². The second kappa shape index (κ2) is 12.8. The van der Waals surface area contributed by atoms with Crippen LogP contribution in [0.4, 0.5) is 10.5 Å². The highest BCUT2D eigenvalue weighted by atomic mass is 127. The number of amides is 2. The van der Waals surface area contributed by atoms with Gasteiger partial charge in [-0.3, -0.25) is 4.90 Å². The third-order valence-electron chi connectivity index (χ3n) is 5.55. The number of urea groups is 1. The van der Waals surface area contributed by atoms with Crippen LogP contribution in [0, 0.1) is 0 Å². The van der Waals surface area contributed by atoms with Gasteiger partial charge in [0.25, 0.3) is 0 Å². The van der Waals surface area contributed by atoms with Gasteiger partial charge in [-0.05, 0) is 55.8 Å². The summed E-state index contributed by atoms with van der Waals surface area (Å²) in [5.41, 5.74) is 7.77. The maximum absolute atomic E-state index is 11.9. The Labute approximate surface area is 205 Å². The molecule has 0 saturated heterocycles. The molecular weight excluding hydrogens is 565 g/mol. The molecule has 0 unspecified atom stereocenters. The number of nitrogens with zero attached hydrogens (tertiary/aromatic N) is 2. The average molecular weight is 595 g/mol. The van der Waals surface area contributed by atoms with Crippen molar-refractivity contribution >= 4 is 39.2 Å². The molecule has 0 saturated carbocycles. The lowest BCUT2D eigenvalue weighted by molar-refractivity contribution is -0.924. The highest BCUT2D eigenvalue weighted by Crippen LogP contribution is 2.20. The van der Waals surface area contributed by atoms with Gasteiger partial charge in [0.15, 0.2) is 0 Å². The highest BCUT2D eigenvalue weighted by molar-refractivity contribution is 9.10. The monoisotopic (exact) mass is 593 g/mol. The number of likely N-dealkylation sites (N-methyl/N-ethyl adjacent to an activating group) is 1. The largest absolute Gasteiger partial charge is 1.00 e. The molecular formula is C22H30BrClIN3O. The average Bonchev–Trinajstić information content (AvgIpc) is 2.70. The van der Waals surface area contributed by atoms with Crippen LogP contribution in [0.5, 0.6) is 0 Å². The lowest BCUT2D eigenvalue weighted by atomic mass is 10.1. The molecule has 2 aromatic carbocycles. The summed E-state index contributed by atoms with van der Waals surface area (Å²) >= 11 is 9.42. The number of primary amides is 1. The SMILES string of the molecule is CC[N+](CC)(CCCN(C(N)=O)c1ccc(Br)cc1)CCc1ccc(Cl)cc1.[I-]. The van der Waals surface area contributed by atoms with Crippen LogP contribution in [0.25, 0.3) is 0 Å². The Bertz CT molecular complexity index is 752. The summed E-state index contributed by atoms with van der Waals surface area (Å²) in [5.74, 6) is 0. The van der Waals surface area contributed by atoms with E-state index in [2.05, 4.69) is 41.9 Å². The van der Waals surface area contributed by atoms with E-state index in [0.717, 1.165) is 58.7 Å². The lowest BCUT2D eigenvalue weighted by Gasteiger charge is -2.37. The predicted octanol–water partition coefficient (Wildman–Crippen LogP) is 2.48. The van der Waals surface area contributed by atoms with Crippen molar-refractivity contribution in [2.45, 2.75) is 26.7 Å². The quantitative estimate of drug-likeness (QED) is 0.334. The van der Waals surface area contributed by atoms with E-state index >= 15 is 0 Å². The number of carbonyl (C=O) groups excluding carboxylic acids is 1. The summed E-state index contributed by atoms with van der Waals surface area (Å²) in [6.45, 7) is 9.33.